The SMILES string of the molecule is NC(=O)c1c[nH]cc1C(N)=O.O=P(O)(O)OP(=O)(O)OP(=O)(O)O. The molecule has 0 bridgehead atoms. The van der Waals surface area contributed by atoms with E-state index in [1.165, 1.54) is 12.4 Å². The number of phosphoric acid groups is 3. The zero-order valence-electron chi connectivity index (χ0n) is 11.2. The second-order valence-electron chi connectivity index (χ2n) is 3.62. The van der Waals surface area contributed by atoms with Gasteiger partial charge in [-0.3, -0.25) is 9.59 Å². The Kier molecular flexibility index (Phi) is 7.67. The lowest BCUT2D eigenvalue weighted by Gasteiger charge is -2.11. The topological polar surface area (TPSA) is 273 Å². The Hall–Kier alpha value is -1.37. The number of carbonyl (C=O) groups excluding carboxylic acids is 2. The van der Waals surface area contributed by atoms with Gasteiger partial charge in [0, 0.05) is 12.4 Å². The lowest BCUT2D eigenvalue weighted by atomic mass is 10.2. The highest BCUT2D eigenvalue weighted by atomic mass is 31.3. The maximum absolute atomic E-state index is 10.6. The highest BCUT2D eigenvalue weighted by Crippen LogP contribution is 2.64. The molecule has 2 amide bonds. The lowest BCUT2D eigenvalue weighted by Crippen LogP contribution is -2.18. The fourth-order valence-electron chi connectivity index (χ4n) is 1.06. The summed E-state index contributed by atoms with van der Waals surface area (Å²) in [5, 5.41) is 0. The average Bonchev–Trinajstić information content (AvgIpc) is 2.70. The molecule has 10 N–H and O–H groups in total. The number of aromatic amines is 1. The Morgan fingerprint density at radius 3 is 1.33 bits per heavy atom. The summed E-state index contributed by atoms with van der Waals surface area (Å²) in [4.78, 5) is 63.9. The smallest absolute Gasteiger partial charge is 0.366 e. The lowest BCUT2D eigenvalue weighted by molar-refractivity contribution is 0.0968. The van der Waals surface area contributed by atoms with E-state index in [2.05, 4.69) is 13.6 Å². The van der Waals surface area contributed by atoms with Gasteiger partial charge in [-0.1, -0.05) is 0 Å². The maximum atomic E-state index is 10.6. The molecule has 0 unspecified atom stereocenters. The number of amides is 2. The van der Waals surface area contributed by atoms with Crippen LogP contribution in [0.1, 0.15) is 20.7 Å². The van der Waals surface area contributed by atoms with E-state index in [0.29, 0.717) is 0 Å². The van der Waals surface area contributed by atoms with Crippen molar-refractivity contribution in [2.24, 2.45) is 11.5 Å². The van der Waals surface area contributed by atoms with Crippen LogP contribution in [0.4, 0.5) is 0 Å². The van der Waals surface area contributed by atoms with Crippen molar-refractivity contribution in [2.75, 3.05) is 0 Å². The van der Waals surface area contributed by atoms with Gasteiger partial charge in [-0.15, -0.1) is 0 Å². The van der Waals surface area contributed by atoms with Gasteiger partial charge in [-0.2, -0.15) is 8.62 Å². The molecule has 15 nitrogen and oxygen atoms in total. The molecule has 0 saturated carbocycles. The van der Waals surface area contributed by atoms with Crippen molar-refractivity contribution in [1.29, 1.82) is 0 Å². The molecule has 0 aliphatic rings. The zero-order chi connectivity index (χ0) is 19.3. The molecule has 138 valence electrons. The fraction of sp³-hybridized carbons (Fsp3) is 0. The summed E-state index contributed by atoms with van der Waals surface area (Å²) in [7, 11) is -16.2. The minimum atomic E-state index is -5.46. The minimum Gasteiger partial charge on any atom is -0.366 e. The number of carbonyl (C=O) groups is 2. The maximum Gasteiger partial charge on any atom is 0.490 e. The van der Waals surface area contributed by atoms with Crippen molar-refractivity contribution in [1.82, 2.24) is 4.98 Å². The number of nitrogens with two attached hydrogens (primary N) is 2. The molecule has 0 atom stereocenters. The van der Waals surface area contributed by atoms with E-state index < -0.39 is 35.3 Å². The Bertz CT molecular complexity index is 688. The summed E-state index contributed by atoms with van der Waals surface area (Å²) in [6.07, 6.45) is 2.67. The molecule has 24 heavy (non-hydrogen) atoms. The average molecular weight is 411 g/mol. The van der Waals surface area contributed by atoms with Crippen LogP contribution in [0.2, 0.25) is 0 Å². The molecule has 0 aromatic carbocycles. The van der Waals surface area contributed by atoms with Gasteiger partial charge in [0.1, 0.15) is 0 Å². The van der Waals surface area contributed by atoms with E-state index >= 15 is 0 Å². The molecule has 0 aliphatic carbocycles. The third kappa shape index (κ3) is 9.70. The molecule has 1 aromatic heterocycles. The molecule has 1 rings (SSSR count). The molecule has 1 heterocycles. The molecular weight excluding hydrogens is 399 g/mol. The van der Waals surface area contributed by atoms with E-state index in [4.69, 9.17) is 35.9 Å². The first-order chi connectivity index (χ1) is 10.5. The Morgan fingerprint density at radius 2 is 1.12 bits per heavy atom. The number of aromatic nitrogens is 1. The van der Waals surface area contributed by atoms with Crippen LogP contribution in [0, 0.1) is 0 Å². The number of hydrogen-bond acceptors (Lipinski definition) is 7. The quantitative estimate of drug-likeness (QED) is 0.249. The highest BCUT2D eigenvalue weighted by molar-refractivity contribution is 7.66. The van der Waals surface area contributed by atoms with Gasteiger partial charge in [0.2, 0.25) is 0 Å². The number of hydrogen-bond donors (Lipinski definition) is 8. The number of H-pyrrole nitrogens is 1. The standard InChI is InChI=1S/C6H7N3O2.H5O10P3/c7-5(10)3-1-9-2-4(3)6(8)11;1-11(2,3)9-13(7,8)10-12(4,5)6/h1-2,9H,(H2,7,10)(H2,8,11);(H,7,8)(H2,1,2,3)(H2,4,5,6). The molecule has 1 aromatic rings. The Morgan fingerprint density at radius 1 is 0.833 bits per heavy atom. The van der Waals surface area contributed by atoms with Crippen molar-refractivity contribution in [3.05, 3.63) is 23.5 Å². The first-order valence-electron chi connectivity index (χ1n) is 5.17. The second-order valence-corrected chi connectivity index (χ2v) is 7.83. The van der Waals surface area contributed by atoms with Gasteiger partial charge in [-0.25, -0.2) is 13.7 Å². The Labute approximate surface area is 132 Å². The summed E-state index contributed by atoms with van der Waals surface area (Å²) in [6.45, 7) is 0. The first kappa shape index (κ1) is 22.6. The van der Waals surface area contributed by atoms with E-state index in [0.717, 1.165) is 0 Å². The fourth-order valence-corrected chi connectivity index (χ4v) is 3.59. The van der Waals surface area contributed by atoms with Gasteiger partial charge in [-0.05, 0) is 0 Å². The van der Waals surface area contributed by atoms with Crippen LogP contribution in [-0.2, 0) is 22.3 Å². The number of rotatable bonds is 6. The van der Waals surface area contributed by atoms with Crippen LogP contribution in [0.25, 0.3) is 0 Å². The highest BCUT2D eigenvalue weighted by Gasteiger charge is 2.38. The predicted molar refractivity (Wildman–Crippen MR) is 73.9 cm³/mol. The van der Waals surface area contributed by atoms with Gasteiger partial charge in [0.05, 0.1) is 11.1 Å². The third-order valence-corrected chi connectivity index (χ3v) is 5.05. The Balaban J connectivity index is 0.000000446. The molecule has 0 saturated heterocycles. The van der Waals surface area contributed by atoms with Crippen molar-refractivity contribution in [3.63, 3.8) is 0 Å². The molecule has 18 heteroatoms. The first-order valence-corrected chi connectivity index (χ1v) is 9.72. The van der Waals surface area contributed by atoms with Gasteiger partial charge in [0.25, 0.3) is 11.8 Å². The van der Waals surface area contributed by atoms with Crippen molar-refractivity contribution < 1.29 is 56.4 Å². The van der Waals surface area contributed by atoms with Crippen LogP contribution in [0.15, 0.2) is 12.4 Å². The van der Waals surface area contributed by atoms with E-state index in [1.807, 2.05) is 0 Å². The summed E-state index contributed by atoms with van der Waals surface area (Å²) < 4.78 is 36.4. The van der Waals surface area contributed by atoms with Gasteiger partial charge < -0.3 is 40.9 Å². The van der Waals surface area contributed by atoms with Crippen LogP contribution in [0.3, 0.4) is 0 Å². The molecule has 0 spiro atoms. The molecule has 0 fully saturated rings. The van der Waals surface area contributed by atoms with Crippen molar-refractivity contribution in [3.8, 4) is 0 Å². The molecule has 0 radical (unpaired) electrons. The number of nitrogens with one attached hydrogen (secondary N) is 1. The normalized spacial score (nSPS) is 12.2. The van der Waals surface area contributed by atoms with E-state index in [1.54, 1.807) is 0 Å². The predicted octanol–water partition coefficient (Wildman–Crippen LogP) is -1.48. The number of primary amides is 2. The monoisotopic (exact) mass is 411 g/mol. The van der Waals surface area contributed by atoms with Crippen molar-refractivity contribution >= 4 is 35.3 Å². The van der Waals surface area contributed by atoms with Gasteiger partial charge in [0.15, 0.2) is 0 Å². The van der Waals surface area contributed by atoms with Gasteiger partial charge >= 0.3 is 23.5 Å². The van der Waals surface area contributed by atoms with E-state index in [9.17, 15) is 23.3 Å². The summed E-state index contributed by atoms with van der Waals surface area (Å²) in [6, 6.07) is 0. The summed E-state index contributed by atoms with van der Waals surface area (Å²) >= 11 is 0. The second kappa shape index (κ2) is 8.14. The summed E-state index contributed by atoms with van der Waals surface area (Å²) in [5.41, 5.74) is 10.1. The zero-order valence-corrected chi connectivity index (χ0v) is 13.9. The van der Waals surface area contributed by atoms with Crippen LogP contribution in [0.5, 0.6) is 0 Å². The molecular formula is C6H12N3O12P3. The van der Waals surface area contributed by atoms with E-state index in [-0.39, 0.29) is 11.1 Å². The molecule has 0 aliphatic heterocycles. The van der Waals surface area contributed by atoms with Crippen LogP contribution < -0.4 is 11.5 Å². The minimum absolute atomic E-state index is 0.123. The third-order valence-electron chi connectivity index (χ3n) is 1.70. The summed E-state index contributed by atoms with van der Waals surface area (Å²) in [5.74, 6) is -1.33. The largest absolute Gasteiger partial charge is 0.490 e. The van der Waals surface area contributed by atoms with Crippen LogP contribution in [-0.4, -0.2) is 41.3 Å². The van der Waals surface area contributed by atoms with Crippen LogP contribution >= 0.6 is 23.5 Å². The van der Waals surface area contributed by atoms with Crippen molar-refractivity contribution in [2.45, 2.75) is 0 Å².